The van der Waals surface area contributed by atoms with E-state index in [0.29, 0.717) is 0 Å². The molecule has 1 fully saturated rings. The van der Waals surface area contributed by atoms with Crippen LogP contribution in [0, 0.1) is 5.92 Å². The number of aromatic nitrogens is 1. The summed E-state index contributed by atoms with van der Waals surface area (Å²) in [5, 5.41) is 1.19. The van der Waals surface area contributed by atoms with Crippen LogP contribution in [0.4, 0.5) is 5.69 Å². The van der Waals surface area contributed by atoms with Gasteiger partial charge in [-0.1, -0.05) is 6.07 Å². The molecule has 1 aliphatic carbocycles. The summed E-state index contributed by atoms with van der Waals surface area (Å²) < 4.78 is 2.32. The van der Waals surface area contributed by atoms with Gasteiger partial charge in [-0.3, -0.25) is 0 Å². The monoisotopic (exact) mass is 186 g/mol. The van der Waals surface area contributed by atoms with Crippen LogP contribution < -0.4 is 5.73 Å². The number of hydrogen-bond acceptors (Lipinski definition) is 1. The van der Waals surface area contributed by atoms with Gasteiger partial charge in [0.15, 0.2) is 0 Å². The largest absolute Gasteiger partial charge is 0.398 e. The van der Waals surface area contributed by atoms with Crippen LogP contribution in [-0.4, -0.2) is 4.57 Å². The summed E-state index contributed by atoms with van der Waals surface area (Å²) >= 11 is 0. The molecule has 0 atom stereocenters. The number of fused-ring (bicyclic) bond motifs is 1. The Kier molecular flexibility index (Phi) is 1.57. The lowest BCUT2D eigenvalue weighted by Crippen LogP contribution is -1.97. The molecular weight excluding hydrogens is 172 g/mol. The van der Waals surface area contributed by atoms with Crippen LogP contribution in [0.5, 0.6) is 0 Å². The number of rotatable bonds is 2. The summed E-state index contributed by atoms with van der Waals surface area (Å²) in [6.45, 7) is 1.16. The van der Waals surface area contributed by atoms with E-state index < -0.39 is 0 Å². The Morgan fingerprint density at radius 3 is 2.93 bits per heavy atom. The van der Waals surface area contributed by atoms with Gasteiger partial charge in [-0.15, -0.1) is 0 Å². The molecule has 2 nitrogen and oxygen atoms in total. The standard InChI is InChI=1S/C12H14N2/c13-11-2-1-3-12-10(11)6-7-14(12)8-9-4-5-9/h1-3,6-7,9H,4-5,8,13H2. The maximum absolute atomic E-state index is 5.90. The highest BCUT2D eigenvalue weighted by Gasteiger charge is 2.22. The van der Waals surface area contributed by atoms with Crippen molar-refractivity contribution in [3.63, 3.8) is 0 Å². The Labute approximate surface area is 83.3 Å². The van der Waals surface area contributed by atoms with Crippen LogP contribution in [0.2, 0.25) is 0 Å². The highest BCUT2D eigenvalue weighted by molar-refractivity contribution is 5.91. The van der Waals surface area contributed by atoms with Gasteiger partial charge in [-0.25, -0.2) is 0 Å². The molecule has 14 heavy (non-hydrogen) atoms. The zero-order valence-corrected chi connectivity index (χ0v) is 8.11. The lowest BCUT2D eigenvalue weighted by molar-refractivity contribution is 0.647. The van der Waals surface area contributed by atoms with E-state index in [0.717, 1.165) is 18.2 Å². The van der Waals surface area contributed by atoms with Crippen LogP contribution >= 0.6 is 0 Å². The van der Waals surface area contributed by atoms with E-state index in [1.807, 2.05) is 12.1 Å². The van der Waals surface area contributed by atoms with Gasteiger partial charge in [0.25, 0.3) is 0 Å². The van der Waals surface area contributed by atoms with Gasteiger partial charge in [0, 0.05) is 23.8 Å². The van der Waals surface area contributed by atoms with E-state index in [1.54, 1.807) is 0 Å². The maximum Gasteiger partial charge on any atom is 0.0501 e. The maximum atomic E-state index is 5.90. The van der Waals surface area contributed by atoms with Gasteiger partial charge < -0.3 is 10.3 Å². The number of nitrogen functional groups attached to an aromatic ring is 1. The highest BCUT2D eigenvalue weighted by atomic mass is 15.0. The van der Waals surface area contributed by atoms with E-state index in [-0.39, 0.29) is 0 Å². The molecular formula is C12H14N2. The number of nitrogens with two attached hydrogens (primary N) is 1. The molecule has 2 aromatic rings. The zero-order valence-electron chi connectivity index (χ0n) is 8.11. The molecule has 1 aromatic heterocycles. The summed E-state index contributed by atoms with van der Waals surface area (Å²) in [5.41, 5.74) is 8.06. The SMILES string of the molecule is Nc1cccc2c1ccn2CC1CC1. The first-order valence-electron chi connectivity index (χ1n) is 5.18. The van der Waals surface area contributed by atoms with Crippen molar-refractivity contribution in [3.8, 4) is 0 Å². The molecule has 0 bridgehead atoms. The van der Waals surface area contributed by atoms with Crippen molar-refractivity contribution in [2.75, 3.05) is 5.73 Å². The molecule has 0 spiro atoms. The molecule has 0 saturated heterocycles. The number of benzene rings is 1. The van der Waals surface area contributed by atoms with Crippen LogP contribution in [0.25, 0.3) is 10.9 Å². The van der Waals surface area contributed by atoms with Gasteiger partial charge in [0.1, 0.15) is 0 Å². The normalized spacial score (nSPS) is 16.3. The quantitative estimate of drug-likeness (QED) is 0.718. The molecule has 2 N–H and O–H groups in total. The lowest BCUT2D eigenvalue weighted by atomic mass is 10.2. The number of hydrogen-bond donors (Lipinski definition) is 1. The summed E-state index contributed by atoms with van der Waals surface area (Å²) in [4.78, 5) is 0. The third-order valence-corrected chi connectivity index (χ3v) is 3.00. The van der Waals surface area contributed by atoms with Crippen molar-refractivity contribution >= 4 is 16.6 Å². The molecule has 2 heteroatoms. The smallest absolute Gasteiger partial charge is 0.0501 e. The Morgan fingerprint density at radius 1 is 1.29 bits per heavy atom. The van der Waals surface area contributed by atoms with E-state index in [1.165, 1.54) is 23.7 Å². The summed E-state index contributed by atoms with van der Waals surface area (Å²) in [5.74, 6) is 0.909. The van der Waals surface area contributed by atoms with Crippen molar-refractivity contribution in [1.82, 2.24) is 4.57 Å². The fourth-order valence-corrected chi connectivity index (χ4v) is 1.99. The van der Waals surface area contributed by atoms with Gasteiger partial charge >= 0.3 is 0 Å². The van der Waals surface area contributed by atoms with Crippen molar-refractivity contribution in [2.24, 2.45) is 5.92 Å². The van der Waals surface area contributed by atoms with E-state index in [9.17, 15) is 0 Å². The molecule has 1 saturated carbocycles. The average molecular weight is 186 g/mol. The zero-order chi connectivity index (χ0) is 9.54. The van der Waals surface area contributed by atoms with E-state index >= 15 is 0 Å². The summed E-state index contributed by atoms with van der Waals surface area (Å²) in [7, 11) is 0. The van der Waals surface area contributed by atoms with Gasteiger partial charge in [-0.05, 0) is 37.0 Å². The topological polar surface area (TPSA) is 30.9 Å². The van der Waals surface area contributed by atoms with Crippen molar-refractivity contribution < 1.29 is 0 Å². The predicted octanol–water partition coefficient (Wildman–Crippen LogP) is 2.63. The first-order valence-corrected chi connectivity index (χ1v) is 5.18. The Balaban J connectivity index is 2.10. The molecule has 72 valence electrons. The molecule has 1 aromatic carbocycles. The van der Waals surface area contributed by atoms with Gasteiger partial charge in [0.2, 0.25) is 0 Å². The molecule has 0 aliphatic heterocycles. The number of nitrogens with zero attached hydrogens (tertiary/aromatic N) is 1. The second-order valence-electron chi connectivity index (χ2n) is 4.19. The number of anilines is 1. The second kappa shape index (κ2) is 2.77. The minimum atomic E-state index is 0.886. The minimum Gasteiger partial charge on any atom is -0.398 e. The Morgan fingerprint density at radius 2 is 2.14 bits per heavy atom. The molecule has 0 radical (unpaired) electrons. The molecule has 3 rings (SSSR count). The summed E-state index contributed by atoms with van der Waals surface area (Å²) in [6, 6.07) is 8.26. The van der Waals surface area contributed by atoms with Gasteiger partial charge in [-0.2, -0.15) is 0 Å². The van der Waals surface area contributed by atoms with Crippen LogP contribution in [-0.2, 0) is 6.54 Å². The Bertz CT molecular complexity index is 466. The van der Waals surface area contributed by atoms with E-state index in [2.05, 4.69) is 22.9 Å². The second-order valence-corrected chi connectivity index (χ2v) is 4.19. The lowest BCUT2D eigenvalue weighted by Gasteiger charge is -2.03. The summed E-state index contributed by atoms with van der Waals surface area (Å²) in [6.07, 6.45) is 4.93. The average Bonchev–Trinajstić information content (AvgIpc) is 2.88. The first kappa shape index (κ1) is 7.92. The fourth-order valence-electron chi connectivity index (χ4n) is 1.99. The van der Waals surface area contributed by atoms with Crippen LogP contribution in [0.3, 0.4) is 0 Å². The molecule has 1 aliphatic rings. The van der Waals surface area contributed by atoms with Crippen molar-refractivity contribution in [3.05, 3.63) is 30.5 Å². The van der Waals surface area contributed by atoms with Crippen LogP contribution in [0.15, 0.2) is 30.5 Å². The van der Waals surface area contributed by atoms with Crippen LogP contribution in [0.1, 0.15) is 12.8 Å². The van der Waals surface area contributed by atoms with Crippen molar-refractivity contribution in [1.29, 1.82) is 0 Å². The van der Waals surface area contributed by atoms with Crippen molar-refractivity contribution in [2.45, 2.75) is 19.4 Å². The van der Waals surface area contributed by atoms with E-state index in [4.69, 9.17) is 5.73 Å². The Hall–Kier alpha value is -1.44. The third kappa shape index (κ3) is 1.18. The molecule has 0 unspecified atom stereocenters. The first-order chi connectivity index (χ1) is 6.84. The molecule has 1 heterocycles. The molecule has 0 amide bonds. The minimum absolute atomic E-state index is 0.886. The van der Waals surface area contributed by atoms with Gasteiger partial charge in [0.05, 0.1) is 5.52 Å². The highest BCUT2D eigenvalue weighted by Crippen LogP contribution is 2.32. The third-order valence-electron chi connectivity index (χ3n) is 3.00. The fraction of sp³-hybridized carbons (Fsp3) is 0.333. The predicted molar refractivity (Wildman–Crippen MR) is 59.1 cm³/mol.